The molecule has 132 valence electrons. The van der Waals surface area contributed by atoms with Crippen molar-refractivity contribution in [2.45, 2.75) is 32.8 Å². The number of hydrogen-bond donors (Lipinski definition) is 1. The van der Waals surface area contributed by atoms with Crippen LogP contribution in [0.15, 0.2) is 42.9 Å². The van der Waals surface area contributed by atoms with E-state index in [4.69, 9.17) is 0 Å². The second-order valence-corrected chi connectivity index (χ2v) is 7.30. The van der Waals surface area contributed by atoms with Gasteiger partial charge in [0.05, 0.1) is 23.4 Å². The van der Waals surface area contributed by atoms with E-state index in [2.05, 4.69) is 47.2 Å². The summed E-state index contributed by atoms with van der Waals surface area (Å²) in [6, 6.07) is 10.4. The van der Waals surface area contributed by atoms with Gasteiger partial charge in [0.25, 0.3) is 0 Å². The van der Waals surface area contributed by atoms with Crippen molar-refractivity contribution < 1.29 is 5.11 Å². The lowest BCUT2D eigenvalue weighted by Crippen LogP contribution is -2.27. The highest BCUT2D eigenvalue weighted by Crippen LogP contribution is 2.42. The second-order valence-electron chi connectivity index (χ2n) is 7.30. The topological polar surface area (TPSA) is 50.9 Å². The highest BCUT2D eigenvalue weighted by molar-refractivity contribution is 5.89. The fraction of sp³-hybridized carbons (Fsp3) is 0.273. The Morgan fingerprint density at radius 3 is 2.69 bits per heavy atom. The molecule has 4 nitrogen and oxygen atoms in total. The fourth-order valence-electron chi connectivity index (χ4n) is 4.01. The molecule has 0 radical (unpaired) electrons. The van der Waals surface area contributed by atoms with Crippen LogP contribution in [0.4, 0.5) is 0 Å². The zero-order valence-electron chi connectivity index (χ0n) is 15.6. The van der Waals surface area contributed by atoms with Crippen molar-refractivity contribution in [2.24, 2.45) is 7.05 Å². The molecule has 1 aliphatic rings. The average molecular weight is 345 g/mol. The van der Waals surface area contributed by atoms with E-state index in [1.807, 2.05) is 37.7 Å². The first-order valence-corrected chi connectivity index (χ1v) is 8.84. The van der Waals surface area contributed by atoms with Gasteiger partial charge in [0, 0.05) is 19.7 Å². The first-order valence-electron chi connectivity index (χ1n) is 8.84. The summed E-state index contributed by atoms with van der Waals surface area (Å²) in [6.45, 7) is 5.88. The quantitative estimate of drug-likeness (QED) is 0.769. The summed E-state index contributed by atoms with van der Waals surface area (Å²) in [6.07, 6.45) is 6.42. The predicted molar refractivity (Wildman–Crippen MR) is 104 cm³/mol. The summed E-state index contributed by atoms with van der Waals surface area (Å²) in [5.41, 5.74) is 6.87. The molecule has 1 unspecified atom stereocenters. The van der Waals surface area contributed by atoms with E-state index >= 15 is 0 Å². The van der Waals surface area contributed by atoms with Gasteiger partial charge >= 0.3 is 0 Å². The largest absolute Gasteiger partial charge is 0.379 e. The molecule has 0 saturated carbocycles. The minimum Gasteiger partial charge on any atom is -0.379 e. The van der Waals surface area contributed by atoms with Gasteiger partial charge in [0.2, 0.25) is 0 Å². The molecule has 4 heteroatoms. The first kappa shape index (κ1) is 16.7. The number of benzene rings is 1. The standard InChI is InChI=1S/C22H23N3O/c1-14-7-8-16-12-20-17(6-5-9-23-20)11-19(18(16)10-14)22(3,26)21-15(2)24-13-25(21)4/h5-11,13,26H,12H2,1-4H3. The van der Waals surface area contributed by atoms with E-state index in [9.17, 15) is 5.11 Å². The molecule has 2 heterocycles. The fourth-order valence-corrected chi connectivity index (χ4v) is 4.01. The van der Waals surface area contributed by atoms with Crippen molar-refractivity contribution in [2.75, 3.05) is 0 Å². The first-order chi connectivity index (χ1) is 12.4. The number of aryl methyl sites for hydroxylation is 3. The Morgan fingerprint density at radius 2 is 1.96 bits per heavy atom. The summed E-state index contributed by atoms with van der Waals surface area (Å²) < 4.78 is 1.90. The highest BCUT2D eigenvalue weighted by atomic mass is 16.3. The van der Waals surface area contributed by atoms with Gasteiger partial charge in [-0.3, -0.25) is 4.98 Å². The Kier molecular flexibility index (Phi) is 3.81. The van der Waals surface area contributed by atoms with Crippen LogP contribution in [0.3, 0.4) is 0 Å². The van der Waals surface area contributed by atoms with E-state index < -0.39 is 5.60 Å². The van der Waals surface area contributed by atoms with Gasteiger partial charge in [-0.1, -0.05) is 29.8 Å². The van der Waals surface area contributed by atoms with Crippen molar-refractivity contribution in [3.8, 4) is 0 Å². The minimum atomic E-state index is -1.17. The average Bonchev–Trinajstić information content (AvgIpc) is 2.85. The van der Waals surface area contributed by atoms with Crippen LogP contribution in [0, 0.1) is 13.8 Å². The Balaban J connectivity index is 2.02. The van der Waals surface area contributed by atoms with Crippen molar-refractivity contribution in [3.05, 3.63) is 82.2 Å². The van der Waals surface area contributed by atoms with Crippen LogP contribution in [-0.4, -0.2) is 19.6 Å². The van der Waals surface area contributed by atoms with Crippen LogP contribution in [0.5, 0.6) is 0 Å². The van der Waals surface area contributed by atoms with Gasteiger partial charge in [0.15, 0.2) is 0 Å². The summed E-state index contributed by atoms with van der Waals surface area (Å²) in [4.78, 5) is 8.95. The molecule has 1 aliphatic carbocycles. The Labute approximate surface area is 153 Å². The number of aliphatic hydroxyl groups is 1. The number of hydrogen-bond acceptors (Lipinski definition) is 3. The SMILES string of the molecule is Cc1ccc2c(c1)C(C(C)(O)c1c(C)ncn1C)=Cc1cccnc1C2. The van der Waals surface area contributed by atoms with E-state index in [0.29, 0.717) is 0 Å². The molecule has 0 saturated heterocycles. The molecule has 3 aromatic rings. The molecule has 0 fully saturated rings. The maximum atomic E-state index is 11.7. The number of rotatable bonds is 2. The zero-order valence-corrected chi connectivity index (χ0v) is 15.6. The lowest BCUT2D eigenvalue weighted by Gasteiger charge is -2.29. The highest BCUT2D eigenvalue weighted by Gasteiger charge is 2.36. The monoisotopic (exact) mass is 345 g/mol. The van der Waals surface area contributed by atoms with Crippen LogP contribution in [-0.2, 0) is 19.1 Å². The van der Waals surface area contributed by atoms with Crippen molar-refractivity contribution in [1.29, 1.82) is 0 Å². The normalized spacial score (nSPS) is 15.5. The molecule has 0 spiro atoms. The molecule has 1 aromatic carbocycles. The summed E-state index contributed by atoms with van der Waals surface area (Å²) in [5, 5.41) is 11.7. The third-order valence-corrected chi connectivity index (χ3v) is 5.24. The van der Waals surface area contributed by atoms with Gasteiger partial charge in [-0.15, -0.1) is 0 Å². The van der Waals surface area contributed by atoms with E-state index in [-0.39, 0.29) is 0 Å². The molecular formula is C22H23N3O. The van der Waals surface area contributed by atoms with Gasteiger partial charge in [-0.2, -0.15) is 0 Å². The van der Waals surface area contributed by atoms with Crippen LogP contribution < -0.4 is 0 Å². The number of fused-ring (bicyclic) bond motifs is 2. The predicted octanol–water partition coefficient (Wildman–Crippen LogP) is 3.78. The van der Waals surface area contributed by atoms with Crippen LogP contribution in [0.2, 0.25) is 0 Å². The summed E-state index contributed by atoms with van der Waals surface area (Å²) in [7, 11) is 1.92. The molecule has 4 rings (SSSR count). The third kappa shape index (κ3) is 2.58. The van der Waals surface area contributed by atoms with E-state index in [1.165, 1.54) is 11.1 Å². The lowest BCUT2D eigenvalue weighted by molar-refractivity contribution is 0.114. The summed E-state index contributed by atoms with van der Waals surface area (Å²) >= 11 is 0. The smallest absolute Gasteiger partial charge is 0.129 e. The van der Waals surface area contributed by atoms with E-state index in [0.717, 1.165) is 40.2 Å². The zero-order chi connectivity index (χ0) is 18.5. The second kappa shape index (κ2) is 5.92. The van der Waals surface area contributed by atoms with Crippen molar-refractivity contribution in [3.63, 3.8) is 0 Å². The van der Waals surface area contributed by atoms with Crippen LogP contribution in [0.25, 0.3) is 11.6 Å². The molecule has 2 aromatic heterocycles. The van der Waals surface area contributed by atoms with E-state index in [1.54, 1.807) is 6.33 Å². The minimum absolute atomic E-state index is 0.756. The van der Waals surface area contributed by atoms with Gasteiger partial charge in [-0.25, -0.2) is 4.98 Å². The van der Waals surface area contributed by atoms with Gasteiger partial charge in [-0.05, 0) is 55.2 Å². The molecule has 0 aliphatic heterocycles. The number of aromatic nitrogens is 3. The third-order valence-electron chi connectivity index (χ3n) is 5.24. The maximum Gasteiger partial charge on any atom is 0.129 e. The van der Waals surface area contributed by atoms with Crippen LogP contribution in [0.1, 0.15) is 46.3 Å². The molecular weight excluding hydrogens is 322 g/mol. The van der Waals surface area contributed by atoms with Crippen molar-refractivity contribution >= 4 is 11.6 Å². The molecule has 0 bridgehead atoms. The summed E-state index contributed by atoms with van der Waals surface area (Å²) in [5.74, 6) is 0. The van der Waals surface area contributed by atoms with Gasteiger partial charge < -0.3 is 9.67 Å². The Morgan fingerprint density at radius 1 is 1.15 bits per heavy atom. The molecule has 1 N–H and O–H groups in total. The number of nitrogens with zero attached hydrogens (tertiary/aromatic N) is 3. The number of imidazole rings is 1. The van der Waals surface area contributed by atoms with Gasteiger partial charge in [0.1, 0.15) is 5.60 Å². The Bertz CT molecular complexity index is 1010. The molecule has 1 atom stereocenters. The number of pyridine rings is 1. The maximum absolute atomic E-state index is 11.7. The molecule has 26 heavy (non-hydrogen) atoms. The van der Waals surface area contributed by atoms with Crippen molar-refractivity contribution in [1.82, 2.24) is 14.5 Å². The molecule has 0 amide bonds. The lowest BCUT2D eigenvalue weighted by atomic mass is 9.83. The Hall–Kier alpha value is -2.72. The van der Waals surface area contributed by atoms with Crippen LogP contribution >= 0.6 is 0 Å².